The van der Waals surface area contributed by atoms with Gasteiger partial charge in [-0.25, -0.2) is 17.5 Å². The van der Waals surface area contributed by atoms with E-state index in [0.717, 1.165) is 0 Å². The van der Waals surface area contributed by atoms with Crippen LogP contribution in [0.2, 0.25) is 0 Å². The monoisotopic (exact) mass is 340 g/mol. The van der Waals surface area contributed by atoms with Crippen molar-refractivity contribution in [2.75, 3.05) is 30.2 Å². The molecule has 1 aliphatic rings. The van der Waals surface area contributed by atoms with Crippen molar-refractivity contribution < 1.29 is 17.5 Å². The van der Waals surface area contributed by atoms with Gasteiger partial charge in [-0.2, -0.15) is 0 Å². The minimum atomic E-state index is -3.11. The number of nitrogens with zero attached hydrogens (tertiary/aromatic N) is 4. The van der Waals surface area contributed by atoms with Crippen LogP contribution in [0.5, 0.6) is 0 Å². The Morgan fingerprint density at radius 1 is 1.43 bits per heavy atom. The molecule has 3 rings (SSSR count). The highest BCUT2D eigenvalue weighted by atomic mass is 32.2. The summed E-state index contributed by atoms with van der Waals surface area (Å²) in [5.74, 6) is -0.471. The van der Waals surface area contributed by atoms with E-state index in [1.54, 1.807) is 30.2 Å². The van der Waals surface area contributed by atoms with E-state index in [1.807, 2.05) is 0 Å². The van der Waals surface area contributed by atoms with Gasteiger partial charge in [-0.15, -0.1) is 5.10 Å². The topological polar surface area (TPSA) is 77.3 Å². The Hall–Kier alpha value is -2.00. The molecule has 1 aliphatic heterocycles. The molecule has 1 aromatic carbocycles. The number of halogens is 1. The summed E-state index contributed by atoms with van der Waals surface area (Å²) >= 11 is 0. The van der Waals surface area contributed by atoms with Crippen LogP contribution in [-0.2, 0) is 14.6 Å². The molecular weight excluding hydrogens is 323 g/mol. The average molecular weight is 340 g/mol. The van der Waals surface area contributed by atoms with Crippen molar-refractivity contribution >= 4 is 15.5 Å². The Bertz CT molecular complexity index is 821. The van der Waals surface area contributed by atoms with Crippen LogP contribution in [-0.4, -0.2) is 54.8 Å². The molecule has 1 fully saturated rings. The Labute approximate surface area is 133 Å². The van der Waals surface area contributed by atoms with Crippen molar-refractivity contribution in [3.05, 3.63) is 35.9 Å². The largest absolute Gasteiger partial charge is 0.355 e. The lowest BCUT2D eigenvalue weighted by atomic mass is 10.2. The lowest BCUT2D eigenvalue weighted by molar-refractivity contribution is 0.132. The van der Waals surface area contributed by atoms with Gasteiger partial charge in [0.2, 0.25) is 0 Å². The Kier molecular flexibility index (Phi) is 4.07. The Morgan fingerprint density at radius 3 is 2.83 bits per heavy atom. The molecule has 0 radical (unpaired) electrons. The Balaban J connectivity index is 1.76. The first-order valence-corrected chi connectivity index (χ1v) is 9.11. The van der Waals surface area contributed by atoms with Crippen LogP contribution in [0.3, 0.4) is 0 Å². The summed E-state index contributed by atoms with van der Waals surface area (Å²) in [5.41, 5.74) is 1.64. The van der Waals surface area contributed by atoms with Crippen molar-refractivity contribution in [2.45, 2.75) is 13.0 Å². The van der Waals surface area contributed by atoms with E-state index in [4.69, 9.17) is 4.74 Å². The zero-order chi connectivity index (χ0) is 16.6. The maximum atomic E-state index is 14.3. The number of hydrogen-bond acceptors (Lipinski definition) is 6. The molecule has 2 aromatic rings. The van der Waals surface area contributed by atoms with Gasteiger partial charge < -0.3 is 9.64 Å². The predicted molar refractivity (Wildman–Crippen MR) is 82.9 cm³/mol. The molecule has 0 aliphatic carbocycles. The highest BCUT2D eigenvalue weighted by Gasteiger charge is 2.27. The first-order valence-electron chi connectivity index (χ1n) is 7.05. The molecule has 0 spiro atoms. The van der Waals surface area contributed by atoms with Crippen molar-refractivity contribution in [2.24, 2.45) is 0 Å². The van der Waals surface area contributed by atoms with Gasteiger partial charge in [0.05, 0.1) is 23.7 Å². The molecule has 0 bridgehead atoms. The smallest absolute Gasteiger partial charge is 0.150 e. The molecule has 0 saturated carbocycles. The van der Waals surface area contributed by atoms with Gasteiger partial charge in [0.1, 0.15) is 22.3 Å². The SMILES string of the molecule is Cc1cn(-c2ccc(N3CO[C@@H](CS(C)(=O)=O)C3)cc2F)nn1. The number of hydrogen-bond donors (Lipinski definition) is 0. The summed E-state index contributed by atoms with van der Waals surface area (Å²) in [6.07, 6.45) is 2.41. The van der Waals surface area contributed by atoms with Gasteiger partial charge in [-0.1, -0.05) is 5.21 Å². The second-order valence-electron chi connectivity index (χ2n) is 5.67. The molecule has 124 valence electrons. The zero-order valence-corrected chi connectivity index (χ0v) is 13.6. The average Bonchev–Trinajstić information content (AvgIpc) is 3.06. The molecule has 7 nitrogen and oxygen atoms in total. The fourth-order valence-electron chi connectivity index (χ4n) is 2.51. The third-order valence-electron chi connectivity index (χ3n) is 3.53. The van der Waals surface area contributed by atoms with Gasteiger partial charge in [0.25, 0.3) is 0 Å². The molecule has 9 heteroatoms. The van der Waals surface area contributed by atoms with Gasteiger partial charge in [0.15, 0.2) is 5.82 Å². The van der Waals surface area contributed by atoms with Gasteiger partial charge in [-0.3, -0.25) is 0 Å². The van der Waals surface area contributed by atoms with Gasteiger partial charge in [0, 0.05) is 18.5 Å². The van der Waals surface area contributed by atoms with E-state index >= 15 is 0 Å². The van der Waals surface area contributed by atoms with E-state index in [0.29, 0.717) is 23.6 Å². The standard InChI is InChI=1S/C14H17FN4O3S/c1-10-6-19(17-16-10)14-4-3-11(5-13(14)15)18-7-12(22-9-18)8-23(2,20)21/h3-6,12H,7-9H2,1-2H3/t12-/m1/s1. The Morgan fingerprint density at radius 2 is 2.22 bits per heavy atom. The van der Waals surface area contributed by atoms with Crippen molar-refractivity contribution in [1.82, 2.24) is 15.0 Å². The highest BCUT2D eigenvalue weighted by Crippen LogP contribution is 2.24. The minimum absolute atomic E-state index is 0.0394. The lowest BCUT2D eigenvalue weighted by Gasteiger charge is -2.17. The van der Waals surface area contributed by atoms with Crippen LogP contribution in [0.4, 0.5) is 10.1 Å². The van der Waals surface area contributed by atoms with Crippen molar-refractivity contribution in [3.8, 4) is 5.69 Å². The first kappa shape index (κ1) is 15.9. The van der Waals surface area contributed by atoms with Crippen LogP contribution in [0, 0.1) is 12.7 Å². The second-order valence-corrected chi connectivity index (χ2v) is 7.86. The summed E-state index contributed by atoms with van der Waals surface area (Å²) in [6.45, 7) is 2.43. The lowest BCUT2D eigenvalue weighted by Crippen LogP contribution is -2.26. The summed E-state index contributed by atoms with van der Waals surface area (Å²) in [7, 11) is -3.11. The van der Waals surface area contributed by atoms with Crippen LogP contribution in [0.1, 0.15) is 5.69 Å². The quantitative estimate of drug-likeness (QED) is 0.824. The second kappa shape index (κ2) is 5.89. The van der Waals surface area contributed by atoms with Crippen LogP contribution in [0.25, 0.3) is 5.69 Å². The zero-order valence-electron chi connectivity index (χ0n) is 12.8. The third kappa shape index (κ3) is 3.67. The third-order valence-corrected chi connectivity index (χ3v) is 4.51. The first-order chi connectivity index (χ1) is 10.8. The molecule has 0 amide bonds. The highest BCUT2D eigenvalue weighted by molar-refractivity contribution is 7.90. The van der Waals surface area contributed by atoms with E-state index in [2.05, 4.69) is 10.3 Å². The maximum Gasteiger partial charge on any atom is 0.150 e. The number of aromatic nitrogens is 3. The number of rotatable bonds is 4. The van der Waals surface area contributed by atoms with E-state index in [9.17, 15) is 12.8 Å². The predicted octanol–water partition coefficient (Wildman–Crippen LogP) is 0.922. The molecular formula is C14H17FN4O3S. The van der Waals surface area contributed by atoms with Crippen molar-refractivity contribution in [3.63, 3.8) is 0 Å². The van der Waals surface area contributed by atoms with E-state index < -0.39 is 21.8 Å². The number of sulfone groups is 1. The molecule has 0 unspecified atom stereocenters. The fraction of sp³-hybridized carbons (Fsp3) is 0.429. The van der Waals surface area contributed by atoms with Crippen molar-refractivity contribution in [1.29, 1.82) is 0 Å². The van der Waals surface area contributed by atoms with Crippen LogP contribution < -0.4 is 4.90 Å². The molecule has 23 heavy (non-hydrogen) atoms. The molecule has 1 saturated heterocycles. The van der Waals surface area contributed by atoms with Gasteiger partial charge in [-0.05, 0) is 25.1 Å². The normalized spacial score (nSPS) is 18.6. The van der Waals surface area contributed by atoms with E-state index in [1.165, 1.54) is 17.0 Å². The molecule has 1 aromatic heterocycles. The summed E-state index contributed by atoms with van der Waals surface area (Å²) in [4.78, 5) is 1.80. The van der Waals surface area contributed by atoms with Gasteiger partial charge >= 0.3 is 0 Å². The molecule has 0 N–H and O–H groups in total. The van der Waals surface area contributed by atoms with E-state index in [-0.39, 0.29) is 12.5 Å². The number of anilines is 1. The minimum Gasteiger partial charge on any atom is -0.355 e. The fourth-order valence-corrected chi connectivity index (χ4v) is 3.39. The molecule has 1 atom stereocenters. The van der Waals surface area contributed by atoms with Crippen LogP contribution >= 0.6 is 0 Å². The number of benzene rings is 1. The summed E-state index contributed by atoms with van der Waals surface area (Å²) in [6, 6.07) is 4.75. The number of ether oxygens (including phenoxy) is 1. The number of aryl methyl sites for hydroxylation is 1. The molecule has 2 heterocycles. The maximum absolute atomic E-state index is 14.3. The summed E-state index contributed by atoms with van der Waals surface area (Å²) in [5, 5.41) is 7.69. The van der Waals surface area contributed by atoms with Crippen LogP contribution in [0.15, 0.2) is 24.4 Å². The summed E-state index contributed by atoms with van der Waals surface area (Å²) < 4.78 is 43.8.